The second-order valence-corrected chi connectivity index (χ2v) is 5.78. The molecule has 122 valence electrons. The number of hydrogen-bond acceptors (Lipinski definition) is 5. The first kappa shape index (κ1) is 17.6. The molecule has 1 amide bonds. The van der Waals surface area contributed by atoms with Crippen LogP contribution in [0.5, 0.6) is 0 Å². The fraction of sp³-hybridized carbons (Fsp3) is 0.167. The predicted molar refractivity (Wildman–Crippen MR) is 90.7 cm³/mol. The number of benzene rings is 2. The van der Waals surface area contributed by atoms with E-state index in [-0.39, 0.29) is 19.1 Å². The largest absolute Gasteiger partial charge is 0.465 e. The molecule has 1 N–H and O–H groups in total. The van der Waals surface area contributed by atoms with Crippen LogP contribution in [-0.2, 0) is 9.53 Å². The van der Waals surface area contributed by atoms with E-state index in [9.17, 15) is 14.9 Å². The summed E-state index contributed by atoms with van der Waals surface area (Å²) in [7, 11) is 0. The Bertz CT molecular complexity index is 784. The molecule has 0 aliphatic rings. The van der Waals surface area contributed by atoms with Gasteiger partial charge in [-0.3, -0.25) is 9.59 Å². The SMILES string of the molecule is CCOC(=O)CNC(=O)c1ccccc1Sc1ccccc1C#N. The van der Waals surface area contributed by atoms with Gasteiger partial charge in [0.15, 0.2) is 0 Å². The van der Waals surface area contributed by atoms with Gasteiger partial charge in [-0.1, -0.05) is 36.0 Å². The summed E-state index contributed by atoms with van der Waals surface area (Å²) in [6.45, 7) is 1.80. The Morgan fingerprint density at radius 3 is 2.50 bits per heavy atom. The van der Waals surface area contributed by atoms with Crippen molar-refractivity contribution >= 4 is 23.6 Å². The van der Waals surface area contributed by atoms with E-state index in [1.54, 1.807) is 37.3 Å². The van der Waals surface area contributed by atoms with E-state index in [0.717, 1.165) is 4.90 Å². The van der Waals surface area contributed by atoms with Crippen molar-refractivity contribution in [3.05, 3.63) is 59.7 Å². The smallest absolute Gasteiger partial charge is 0.325 e. The van der Waals surface area contributed by atoms with E-state index < -0.39 is 5.97 Å². The highest BCUT2D eigenvalue weighted by Gasteiger charge is 2.14. The van der Waals surface area contributed by atoms with Gasteiger partial charge in [0.1, 0.15) is 12.6 Å². The molecule has 0 aliphatic carbocycles. The molecule has 2 aromatic rings. The van der Waals surface area contributed by atoms with Gasteiger partial charge in [0.05, 0.1) is 17.7 Å². The number of esters is 1. The van der Waals surface area contributed by atoms with Crippen LogP contribution in [0.2, 0.25) is 0 Å². The highest BCUT2D eigenvalue weighted by Crippen LogP contribution is 2.32. The molecule has 0 radical (unpaired) electrons. The maximum atomic E-state index is 12.3. The van der Waals surface area contributed by atoms with E-state index in [0.29, 0.717) is 16.0 Å². The Labute approximate surface area is 144 Å². The minimum absolute atomic E-state index is 0.180. The quantitative estimate of drug-likeness (QED) is 0.818. The average Bonchev–Trinajstić information content (AvgIpc) is 2.61. The molecule has 0 saturated carbocycles. The lowest BCUT2D eigenvalue weighted by Crippen LogP contribution is -2.30. The first-order valence-corrected chi connectivity index (χ1v) is 8.17. The zero-order chi connectivity index (χ0) is 17.4. The zero-order valence-electron chi connectivity index (χ0n) is 13.1. The summed E-state index contributed by atoms with van der Waals surface area (Å²) in [4.78, 5) is 25.2. The first-order valence-electron chi connectivity index (χ1n) is 7.35. The summed E-state index contributed by atoms with van der Waals surface area (Å²) in [5.41, 5.74) is 0.990. The third-order valence-corrected chi connectivity index (χ3v) is 4.21. The van der Waals surface area contributed by atoms with Crippen molar-refractivity contribution in [2.75, 3.05) is 13.2 Å². The monoisotopic (exact) mass is 340 g/mol. The average molecular weight is 340 g/mol. The van der Waals surface area contributed by atoms with Gasteiger partial charge in [0.25, 0.3) is 5.91 Å². The molecule has 6 heteroatoms. The Hall–Kier alpha value is -2.78. The molecular weight excluding hydrogens is 324 g/mol. The number of carbonyl (C=O) groups is 2. The predicted octanol–water partition coefficient (Wildman–Crippen LogP) is 3.00. The van der Waals surface area contributed by atoms with Crippen LogP contribution < -0.4 is 5.32 Å². The van der Waals surface area contributed by atoms with Gasteiger partial charge < -0.3 is 10.1 Å². The lowest BCUT2D eigenvalue weighted by Gasteiger charge is -2.10. The number of nitriles is 1. The second kappa shape index (κ2) is 8.75. The molecule has 0 unspecified atom stereocenters. The fourth-order valence-electron chi connectivity index (χ4n) is 1.97. The molecule has 24 heavy (non-hydrogen) atoms. The minimum Gasteiger partial charge on any atom is -0.465 e. The molecular formula is C18H16N2O3S. The number of ether oxygens (including phenoxy) is 1. The van der Waals surface area contributed by atoms with Crippen LogP contribution in [-0.4, -0.2) is 25.0 Å². The third kappa shape index (κ3) is 4.61. The van der Waals surface area contributed by atoms with E-state index in [1.165, 1.54) is 11.8 Å². The minimum atomic E-state index is -0.481. The van der Waals surface area contributed by atoms with Crippen LogP contribution in [0.15, 0.2) is 58.3 Å². The van der Waals surface area contributed by atoms with Crippen LogP contribution in [0.25, 0.3) is 0 Å². The van der Waals surface area contributed by atoms with Gasteiger partial charge >= 0.3 is 5.97 Å². The number of carbonyl (C=O) groups excluding carboxylic acids is 2. The normalized spacial score (nSPS) is 9.83. The molecule has 2 rings (SSSR count). The topological polar surface area (TPSA) is 79.2 Å². The van der Waals surface area contributed by atoms with Crippen LogP contribution >= 0.6 is 11.8 Å². The molecule has 0 spiro atoms. The molecule has 0 aliphatic heterocycles. The highest BCUT2D eigenvalue weighted by molar-refractivity contribution is 7.99. The van der Waals surface area contributed by atoms with Crippen molar-refractivity contribution in [2.45, 2.75) is 16.7 Å². The lowest BCUT2D eigenvalue weighted by molar-refractivity contribution is -0.141. The highest BCUT2D eigenvalue weighted by atomic mass is 32.2. The summed E-state index contributed by atoms with van der Waals surface area (Å²) in [6.07, 6.45) is 0. The summed E-state index contributed by atoms with van der Waals surface area (Å²) in [6, 6.07) is 16.4. The standard InChI is InChI=1S/C18H16N2O3S/c1-2-23-17(21)12-20-18(22)14-8-4-6-10-16(14)24-15-9-5-3-7-13(15)11-19/h3-10H,2,12H2,1H3,(H,20,22). The van der Waals surface area contributed by atoms with E-state index in [2.05, 4.69) is 11.4 Å². The van der Waals surface area contributed by atoms with Gasteiger partial charge in [-0.05, 0) is 31.2 Å². The maximum absolute atomic E-state index is 12.3. The number of nitrogens with zero attached hydrogens (tertiary/aromatic N) is 1. The molecule has 2 aromatic carbocycles. The number of rotatable bonds is 6. The van der Waals surface area contributed by atoms with Gasteiger partial charge in [0, 0.05) is 9.79 Å². The first-order chi connectivity index (χ1) is 11.7. The molecule has 0 aromatic heterocycles. The summed E-state index contributed by atoms with van der Waals surface area (Å²) in [5, 5.41) is 11.7. The van der Waals surface area contributed by atoms with E-state index in [1.807, 2.05) is 18.2 Å². The van der Waals surface area contributed by atoms with Crippen molar-refractivity contribution in [3.8, 4) is 6.07 Å². The van der Waals surface area contributed by atoms with Crippen LogP contribution in [0.1, 0.15) is 22.8 Å². The molecule has 5 nitrogen and oxygen atoms in total. The van der Waals surface area contributed by atoms with Crippen molar-refractivity contribution in [3.63, 3.8) is 0 Å². The summed E-state index contributed by atoms with van der Waals surface area (Å²) < 4.78 is 4.79. The Balaban J connectivity index is 2.17. The van der Waals surface area contributed by atoms with Crippen LogP contribution in [0.4, 0.5) is 0 Å². The fourth-order valence-corrected chi connectivity index (χ4v) is 2.99. The maximum Gasteiger partial charge on any atom is 0.325 e. The molecule has 0 atom stereocenters. The Morgan fingerprint density at radius 2 is 1.79 bits per heavy atom. The van der Waals surface area contributed by atoms with Gasteiger partial charge in [-0.25, -0.2) is 0 Å². The van der Waals surface area contributed by atoms with Crippen LogP contribution in [0, 0.1) is 11.3 Å². The van der Waals surface area contributed by atoms with E-state index in [4.69, 9.17) is 4.74 Å². The Kier molecular flexibility index (Phi) is 6.41. The summed E-state index contributed by atoms with van der Waals surface area (Å²) >= 11 is 1.34. The van der Waals surface area contributed by atoms with Gasteiger partial charge in [-0.2, -0.15) is 5.26 Å². The van der Waals surface area contributed by atoms with Crippen molar-refractivity contribution in [1.82, 2.24) is 5.32 Å². The Morgan fingerprint density at radius 1 is 1.12 bits per heavy atom. The summed E-state index contributed by atoms with van der Waals surface area (Å²) in [5.74, 6) is -0.841. The van der Waals surface area contributed by atoms with E-state index >= 15 is 0 Å². The second-order valence-electron chi connectivity index (χ2n) is 4.69. The molecule has 0 saturated heterocycles. The van der Waals surface area contributed by atoms with Crippen molar-refractivity contribution in [1.29, 1.82) is 5.26 Å². The third-order valence-electron chi connectivity index (χ3n) is 3.06. The van der Waals surface area contributed by atoms with Gasteiger partial charge in [-0.15, -0.1) is 0 Å². The van der Waals surface area contributed by atoms with Crippen molar-refractivity contribution < 1.29 is 14.3 Å². The zero-order valence-corrected chi connectivity index (χ0v) is 13.9. The number of amides is 1. The van der Waals surface area contributed by atoms with Crippen molar-refractivity contribution in [2.24, 2.45) is 0 Å². The molecule has 0 bridgehead atoms. The van der Waals surface area contributed by atoms with Crippen LogP contribution in [0.3, 0.4) is 0 Å². The molecule has 0 fully saturated rings. The molecule has 0 heterocycles. The number of nitrogens with one attached hydrogen (secondary N) is 1. The lowest BCUT2D eigenvalue weighted by atomic mass is 10.2. The number of hydrogen-bond donors (Lipinski definition) is 1. The van der Waals surface area contributed by atoms with Gasteiger partial charge in [0.2, 0.25) is 0 Å².